The molecule has 0 aromatic rings. The summed E-state index contributed by atoms with van der Waals surface area (Å²) in [6.07, 6.45) is 0. The zero-order valence-corrected chi connectivity index (χ0v) is 10.5. The average molecular weight is 423 g/mol. The molecule has 4 N–H and O–H groups in total. The van der Waals surface area contributed by atoms with E-state index in [0.717, 1.165) is 0 Å². The Kier molecular flexibility index (Phi) is 3.51. The van der Waals surface area contributed by atoms with Crippen LogP contribution in [0.1, 0.15) is 0 Å². The van der Waals surface area contributed by atoms with Gasteiger partial charge in [0.05, 0.1) is 0 Å². The predicted octanol–water partition coefficient (Wildman–Crippen LogP) is 4.51. The molecule has 0 aliphatic carbocycles. The van der Waals surface area contributed by atoms with Gasteiger partial charge in [0.25, 0.3) is 0 Å². The van der Waals surface area contributed by atoms with Crippen LogP contribution in [0.2, 0.25) is 0 Å². The van der Waals surface area contributed by atoms with Crippen LogP contribution >= 0.6 is 57.5 Å². The van der Waals surface area contributed by atoms with Crippen molar-refractivity contribution >= 4 is 57.5 Å². The second kappa shape index (κ2) is 2.17. The molecule has 0 fully saturated rings. The first-order valence-corrected chi connectivity index (χ1v) is 18.6. The van der Waals surface area contributed by atoms with Crippen molar-refractivity contribution in [2.24, 2.45) is 0 Å². The Bertz CT molecular complexity index is 67.1. The van der Waals surface area contributed by atoms with Crippen molar-refractivity contribution in [1.82, 2.24) is 6.15 Å². The van der Waals surface area contributed by atoms with Gasteiger partial charge in [0, 0.05) is 0 Å². The monoisotopic (exact) mass is 421 g/mol. The smallest absolute Gasteiger partial charge is 0.369 e. The molecular formula is H4Cl6IrN. The van der Waals surface area contributed by atoms with Crippen molar-refractivity contribution in [3.63, 3.8) is 0 Å². The summed E-state index contributed by atoms with van der Waals surface area (Å²) in [7, 11) is 30.3. The predicted molar refractivity (Wildman–Crippen MR) is 41.1 cm³/mol. The molecule has 60 valence electrons. The third-order valence-corrected chi connectivity index (χ3v) is 0. The molecule has 0 unspecified atom stereocenters. The number of halogens is 6. The average Bonchev–Trinajstić information content (AvgIpc) is 0.592. The summed E-state index contributed by atoms with van der Waals surface area (Å²) in [5, 5.41) is 0. The van der Waals surface area contributed by atoms with Gasteiger partial charge in [-0.15, -0.1) is 0 Å². The van der Waals surface area contributed by atoms with Crippen LogP contribution < -0.4 is 6.15 Å². The van der Waals surface area contributed by atoms with Crippen molar-refractivity contribution in [2.75, 3.05) is 0 Å². The van der Waals surface area contributed by atoms with E-state index in [0.29, 0.717) is 0 Å². The van der Waals surface area contributed by atoms with Crippen LogP contribution in [0.3, 0.4) is 0 Å². The van der Waals surface area contributed by atoms with Crippen molar-refractivity contribution in [3.8, 4) is 0 Å². The first-order valence-electron chi connectivity index (χ1n) is 0.756. The maximum Gasteiger partial charge on any atom is -0.369 e. The summed E-state index contributed by atoms with van der Waals surface area (Å²) in [5.41, 5.74) is 0. The molecule has 8 heteroatoms. The van der Waals surface area contributed by atoms with E-state index in [2.05, 4.69) is 0 Å². The van der Waals surface area contributed by atoms with Gasteiger partial charge in [0.15, 0.2) is 0 Å². The molecule has 0 aliphatic heterocycles. The molecule has 0 radical (unpaired) electrons. The molecular weight excluding hydrogens is 419 g/mol. The van der Waals surface area contributed by atoms with E-state index in [-0.39, 0.29) is 6.15 Å². The van der Waals surface area contributed by atoms with Gasteiger partial charge < -0.3 is 6.15 Å². The normalized spacial score (nSPS) is 20.2. The number of hydrogen-bond acceptors (Lipinski definition) is 0. The van der Waals surface area contributed by atoms with E-state index in [1.807, 2.05) is 0 Å². The topological polar surface area (TPSA) is 36.5 Å². The minimum atomic E-state index is -5.33. The quantitative estimate of drug-likeness (QED) is 0.596. The summed E-state index contributed by atoms with van der Waals surface area (Å²) < 4.78 is 0. The van der Waals surface area contributed by atoms with Crippen molar-refractivity contribution in [3.05, 3.63) is 0 Å². The first-order chi connectivity index (χ1) is 2.45. The van der Waals surface area contributed by atoms with Crippen LogP contribution in [-0.4, -0.2) is 0 Å². The fourth-order valence-corrected chi connectivity index (χ4v) is 0. The molecule has 0 aromatic heterocycles. The molecule has 0 atom stereocenters. The summed E-state index contributed by atoms with van der Waals surface area (Å²) in [4.78, 5) is 0. The Labute approximate surface area is 69.7 Å². The maximum atomic E-state index is 5.06. The molecule has 0 aliphatic rings. The van der Waals surface area contributed by atoms with Gasteiger partial charge in [0.2, 0.25) is 0 Å². The van der Waals surface area contributed by atoms with Crippen LogP contribution in [0, 0.1) is 0 Å². The summed E-state index contributed by atoms with van der Waals surface area (Å²) >= 11 is 0. The molecule has 0 heterocycles. The van der Waals surface area contributed by atoms with E-state index >= 15 is 0 Å². The summed E-state index contributed by atoms with van der Waals surface area (Å²) in [5.74, 6) is 0. The third-order valence-electron chi connectivity index (χ3n) is 0. The maximum absolute atomic E-state index is 5.33. The summed E-state index contributed by atoms with van der Waals surface area (Å²) in [6.45, 7) is -5.33. The minimum absolute atomic E-state index is 0. The standard InChI is InChI=1S/6ClH.Ir.H3N/h6*1H;;1H3/q;;;;;;+5;/p-5. The van der Waals surface area contributed by atoms with Crippen LogP contribution in [0.15, 0.2) is 0 Å². The number of quaternary nitrogens is 1. The van der Waals surface area contributed by atoms with Gasteiger partial charge >= 0.3 is 64.3 Å². The Morgan fingerprint density at radius 2 is 0.625 bits per heavy atom. The van der Waals surface area contributed by atoms with E-state index in [4.69, 9.17) is 57.5 Å². The van der Waals surface area contributed by atoms with E-state index in [9.17, 15) is 0 Å². The molecule has 0 bridgehead atoms. The van der Waals surface area contributed by atoms with Gasteiger partial charge in [-0.2, -0.15) is 0 Å². The van der Waals surface area contributed by atoms with Crippen LogP contribution in [0.4, 0.5) is 0 Å². The zero-order chi connectivity index (χ0) is 6.41. The third kappa shape index (κ3) is 81.7. The fraction of sp³-hybridized carbons (Fsp3) is 0. The van der Waals surface area contributed by atoms with Crippen molar-refractivity contribution in [1.29, 1.82) is 0 Å². The van der Waals surface area contributed by atoms with Gasteiger partial charge in [-0.3, -0.25) is 0 Å². The van der Waals surface area contributed by atoms with Crippen LogP contribution in [0.5, 0.6) is 0 Å². The number of rotatable bonds is 0. The molecule has 0 rings (SSSR count). The zero-order valence-electron chi connectivity index (χ0n) is 3.60. The van der Waals surface area contributed by atoms with Gasteiger partial charge in [0.1, 0.15) is 0 Å². The molecule has 0 saturated carbocycles. The molecule has 0 spiro atoms. The Hall–Kier alpha value is 2.35. The second-order valence-electron chi connectivity index (χ2n) is 0.714. The molecule has 1 nitrogen and oxygen atoms in total. The van der Waals surface area contributed by atoms with E-state index < -0.39 is 6.81 Å². The van der Waals surface area contributed by atoms with Crippen LogP contribution in [0.25, 0.3) is 0 Å². The van der Waals surface area contributed by atoms with E-state index in [1.165, 1.54) is 0 Å². The van der Waals surface area contributed by atoms with Gasteiger partial charge in [-0.05, 0) is 0 Å². The number of hydrogen-bond donors (Lipinski definition) is 1. The first kappa shape index (κ1) is 13.0. The molecule has 8 heavy (non-hydrogen) atoms. The molecule has 0 saturated heterocycles. The second-order valence-corrected chi connectivity index (χ2v) is 52.6. The molecule has 0 aromatic carbocycles. The molecule has 0 amide bonds. The van der Waals surface area contributed by atoms with Gasteiger partial charge in [-0.25, -0.2) is 0 Å². The SMILES string of the molecule is [Cl][Ir-]([Cl])([Cl])([Cl])([Cl])[Cl].[NH4+]. The Morgan fingerprint density at radius 3 is 0.625 bits per heavy atom. The Balaban J connectivity index is 0. The summed E-state index contributed by atoms with van der Waals surface area (Å²) in [6, 6.07) is 0. The van der Waals surface area contributed by atoms with Crippen molar-refractivity contribution < 1.29 is 6.81 Å². The minimum Gasteiger partial charge on any atom is -0.369 e. The Morgan fingerprint density at radius 1 is 0.625 bits per heavy atom. The fourth-order valence-electron chi connectivity index (χ4n) is 0. The van der Waals surface area contributed by atoms with Gasteiger partial charge in [-0.1, -0.05) is 0 Å². The van der Waals surface area contributed by atoms with Crippen molar-refractivity contribution in [2.45, 2.75) is 0 Å². The van der Waals surface area contributed by atoms with E-state index in [1.54, 1.807) is 0 Å². The van der Waals surface area contributed by atoms with Crippen LogP contribution in [-0.2, 0) is 6.81 Å². The largest absolute Gasteiger partial charge is 0.369 e.